The lowest BCUT2D eigenvalue weighted by atomic mass is 9.78. The Labute approximate surface area is 105 Å². The quantitative estimate of drug-likeness (QED) is 0.743. The van der Waals surface area contributed by atoms with E-state index in [1.807, 2.05) is 6.07 Å². The third kappa shape index (κ3) is 1.99. The smallest absolute Gasteiger partial charge is 0.140 e. The van der Waals surface area contributed by atoms with Crippen LogP contribution in [0.4, 0.5) is 0 Å². The molecule has 3 heterocycles. The molecule has 0 aromatic carbocycles. The molecule has 3 rings (SSSR count). The highest BCUT2D eigenvalue weighted by molar-refractivity contribution is 5.27. The Morgan fingerprint density at radius 2 is 2.11 bits per heavy atom. The average molecular weight is 245 g/mol. The van der Waals surface area contributed by atoms with Crippen LogP contribution in [-0.2, 0) is 10.3 Å². The van der Waals surface area contributed by atoms with Gasteiger partial charge in [0.2, 0.25) is 0 Å². The van der Waals surface area contributed by atoms with E-state index >= 15 is 0 Å². The van der Waals surface area contributed by atoms with Crippen molar-refractivity contribution in [1.29, 1.82) is 5.26 Å². The lowest BCUT2D eigenvalue weighted by molar-refractivity contribution is -0.0803. The second-order valence-electron chi connectivity index (χ2n) is 5.08. The largest absolute Gasteiger partial charge is 0.385 e. The molecule has 2 aliphatic rings. The molecule has 2 fully saturated rings. The normalized spacial score (nSPS) is 34.9. The fourth-order valence-corrected chi connectivity index (χ4v) is 2.89. The maximum atomic E-state index is 10.8. The Morgan fingerprint density at radius 1 is 1.39 bits per heavy atom. The number of hydrogen-bond acceptors (Lipinski definition) is 5. The van der Waals surface area contributed by atoms with Crippen molar-refractivity contribution in [2.24, 2.45) is 0 Å². The zero-order chi connectivity index (χ0) is 12.6. The molecule has 0 amide bonds. The van der Waals surface area contributed by atoms with Crippen LogP contribution in [0, 0.1) is 11.3 Å². The van der Waals surface area contributed by atoms with Crippen LogP contribution in [0.3, 0.4) is 0 Å². The summed E-state index contributed by atoms with van der Waals surface area (Å²) in [4.78, 5) is 4.04. The zero-order valence-corrected chi connectivity index (χ0v) is 9.97. The monoisotopic (exact) mass is 245 g/mol. The first-order chi connectivity index (χ1) is 8.69. The second-order valence-corrected chi connectivity index (χ2v) is 5.08. The van der Waals surface area contributed by atoms with E-state index in [0.29, 0.717) is 31.7 Å². The number of morpholine rings is 1. The molecule has 2 N–H and O–H groups in total. The number of piperidine rings is 1. The lowest BCUT2D eigenvalue weighted by Gasteiger charge is -2.45. The minimum atomic E-state index is -0.856. The molecule has 5 nitrogen and oxygen atoms in total. The van der Waals surface area contributed by atoms with Gasteiger partial charge in [0.25, 0.3) is 0 Å². The third-order valence-corrected chi connectivity index (χ3v) is 3.69. The van der Waals surface area contributed by atoms with Gasteiger partial charge >= 0.3 is 0 Å². The summed E-state index contributed by atoms with van der Waals surface area (Å²) < 4.78 is 5.47. The molecule has 2 aliphatic heterocycles. The molecule has 5 heteroatoms. The van der Waals surface area contributed by atoms with Gasteiger partial charge in [0, 0.05) is 23.8 Å². The molecule has 1 aromatic rings. The average Bonchev–Trinajstić information content (AvgIpc) is 2.38. The number of fused-ring (bicyclic) bond motifs is 2. The summed E-state index contributed by atoms with van der Waals surface area (Å²) in [5, 5.41) is 23.0. The first kappa shape index (κ1) is 11.6. The number of nitrogens with zero attached hydrogens (tertiary/aromatic N) is 2. The van der Waals surface area contributed by atoms with Crippen LogP contribution in [0.25, 0.3) is 0 Å². The molecule has 1 aromatic heterocycles. The van der Waals surface area contributed by atoms with Crippen molar-refractivity contribution in [3.8, 4) is 6.07 Å². The molecule has 0 saturated carbocycles. The summed E-state index contributed by atoms with van der Waals surface area (Å²) in [7, 11) is 0. The Kier molecular flexibility index (Phi) is 2.78. The molecule has 0 radical (unpaired) electrons. The Bertz CT molecular complexity index is 468. The van der Waals surface area contributed by atoms with E-state index in [-0.39, 0.29) is 12.1 Å². The standard InChI is InChI=1S/C13H15N3O2/c14-5-10-2-1-9(6-15-10)13(17)3-11-7-18-8-12(4-13)16-11/h1-2,6,11-12,16-17H,3-4,7-8H2. The fourth-order valence-electron chi connectivity index (χ4n) is 2.89. The van der Waals surface area contributed by atoms with E-state index in [1.54, 1.807) is 18.3 Å². The van der Waals surface area contributed by atoms with Gasteiger partial charge in [0.1, 0.15) is 11.8 Å². The minimum Gasteiger partial charge on any atom is -0.385 e. The van der Waals surface area contributed by atoms with E-state index < -0.39 is 5.60 Å². The van der Waals surface area contributed by atoms with Gasteiger partial charge in [0.05, 0.1) is 18.8 Å². The molecule has 2 saturated heterocycles. The van der Waals surface area contributed by atoms with Crippen LogP contribution < -0.4 is 5.32 Å². The van der Waals surface area contributed by atoms with E-state index in [2.05, 4.69) is 10.3 Å². The molecular formula is C13H15N3O2. The molecule has 94 valence electrons. The molecule has 0 spiro atoms. The summed E-state index contributed by atoms with van der Waals surface area (Å²) in [6, 6.07) is 5.82. The minimum absolute atomic E-state index is 0.193. The first-order valence-electron chi connectivity index (χ1n) is 6.12. The Balaban J connectivity index is 1.87. The molecule has 2 atom stereocenters. The first-order valence-corrected chi connectivity index (χ1v) is 6.12. The highest BCUT2D eigenvalue weighted by Crippen LogP contribution is 2.36. The number of pyridine rings is 1. The zero-order valence-electron chi connectivity index (χ0n) is 9.97. The van der Waals surface area contributed by atoms with Crippen LogP contribution in [-0.4, -0.2) is 35.4 Å². The van der Waals surface area contributed by atoms with Gasteiger partial charge in [-0.2, -0.15) is 5.26 Å². The van der Waals surface area contributed by atoms with Gasteiger partial charge in [-0.25, -0.2) is 4.98 Å². The molecular weight excluding hydrogens is 230 g/mol. The highest BCUT2D eigenvalue weighted by Gasteiger charge is 2.42. The van der Waals surface area contributed by atoms with Crippen molar-refractivity contribution >= 4 is 0 Å². The van der Waals surface area contributed by atoms with Gasteiger partial charge in [-0.3, -0.25) is 0 Å². The predicted octanol–water partition coefficient (Wildman–Crippen LogP) is 0.292. The van der Waals surface area contributed by atoms with Crippen molar-refractivity contribution in [1.82, 2.24) is 10.3 Å². The molecule has 2 unspecified atom stereocenters. The van der Waals surface area contributed by atoms with E-state index in [1.165, 1.54) is 0 Å². The summed E-state index contributed by atoms with van der Waals surface area (Å²) in [5.41, 5.74) is 0.311. The second kappa shape index (κ2) is 4.32. The fraction of sp³-hybridized carbons (Fsp3) is 0.538. The third-order valence-electron chi connectivity index (χ3n) is 3.69. The molecule has 18 heavy (non-hydrogen) atoms. The van der Waals surface area contributed by atoms with Gasteiger partial charge in [-0.1, -0.05) is 6.07 Å². The maximum absolute atomic E-state index is 10.8. The number of aromatic nitrogens is 1. The summed E-state index contributed by atoms with van der Waals surface area (Å²) in [6.07, 6.45) is 2.86. The van der Waals surface area contributed by atoms with Crippen LogP contribution in [0.15, 0.2) is 18.3 Å². The van der Waals surface area contributed by atoms with Gasteiger partial charge < -0.3 is 15.2 Å². The summed E-state index contributed by atoms with van der Waals surface area (Å²) in [6.45, 7) is 1.28. The lowest BCUT2D eigenvalue weighted by Crippen LogP contribution is -2.58. The maximum Gasteiger partial charge on any atom is 0.140 e. The van der Waals surface area contributed by atoms with Crippen LogP contribution in [0.2, 0.25) is 0 Å². The SMILES string of the molecule is N#Cc1ccc(C2(O)CC3COCC(C2)N3)cn1. The molecule has 2 bridgehead atoms. The van der Waals surface area contributed by atoms with Crippen LogP contribution >= 0.6 is 0 Å². The number of nitrogens with one attached hydrogen (secondary N) is 1. The summed E-state index contributed by atoms with van der Waals surface area (Å²) in [5.74, 6) is 0. The number of rotatable bonds is 1. The topological polar surface area (TPSA) is 78.2 Å². The van der Waals surface area contributed by atoms with Crippen molar-refractivity contribution in [3.05, 3.63) is 29.6 Å². The van der Waals surface area contributed by atoms with Crippen LogP contribution in [0.5, 0.6) is 0 Å². The van der Waals surface area contributed by atoms with Gasteiger partial charge in [0.15, 0.2) is 0 Å². The summed E-state index contributed by atoms with van der Waals surface area (Å²) >= 11 is 0. The number of ether oxygens (including phenoxy) is 1. The van der Waals surface area contributed by atoms with Crippen molar-refractivity contribution in [2.75, 3.05) is 13.2 Å². The van der Waals surface area contributed by atoms with Crippen molar-refractivity contribution < 1.29 is 9.84 Å². The van der Waals surface area contributed by atoms with Gasteiger partial charge in [-0.15, -0.1) is 0 Å². The van der Waals surface area contributed by atoms with E-state index in [9.17, 15) is 5.11 Å². The van der Waals surface area contributed by atoms with E-state index in [4.69, 9.17) is 10.00 Å². The van der Waals surface area contributed by atoms with Crippen LogP contribution in [0.1, 0.15) is 24.1 Å². The Morgan fingerprint density at radius 3 is 2.67 bits per heavy atom. The van der Waals surface area contributed by atoms with Gasteiger partial charge in [-0.05, 0) is 18.9 Å². The van der Waals surface area contributed by atoms with Crippen molar-refractivity contribution in [2.45, 2.75) is 30.5 Å². The predicted molar refractivity (Wildman–Crippen MR) is 63.6 cm³/mol. The number of aliphatic hydroxyl groups is 1. The number of nitriles is 1. The Hall–Kier alpha value is -1.48. The number of hydrogen-bond donors (Lipinski definition) is 2. The van der Waals surface area contributed by atoms with E-state index in [0.717, 1.165) is 5.56 Å². The molecule has 0 aliphatic carbocycles. The van der Waals surface area contributed by atoms with Crippen molar-refractivity contribution in [3.63, 3.8) is 0 Å². The highest BCUT2D eigenvalue weighted by atomic mass is 16.5.